The predicted octanol–water partition coefficient (Wildman–Crippen LogP) is 3.37. The number of nitrogens with zero attached hydrogens (tertiary/aromatic N) is 4. The van der Waals surface area contributed by atoms with E-state index in [4.69, 9.17) is 16.3 Å². The highest BCUT2D eigenvalue weighted by Crippen LogP contribution is 2.36. The Kier molecular flexibility index (Phi) is 4.67. The lowest BCUT2D eigenvalue weighted by Crippen LogP contribution is -2.51. The normalized spacial score (nSPS) is 15.1. The number of ether oxygens (including phenoxy) is 1. The van der Waals surface area contributed by atoms with Gasteiger partial charge < -0.3 is 14.7 Å². The van der Waals surface area contributed by atoms with Crippen LogP contribution in [0.1, 0.15) is 37.6 Å². The van der Waals surface area contributed by atoms with Gasteiger partial charge in [-0.25, -0.2) is 4.98 Å². The number of aliphatic hydroxyl groups excluding tert-OH is 1. The fourth-order valence-electron chi connectivity index (χ4n) is 3.23. The van der Waals surface area contributed by atoms with Gasteiger partial charge >= 0.3 is 0 Å². The summed E-state index contributed by atoms with van der Waals surface area (Å²) in [5.41, 5.74) is 3.35. The second-order valence-corrected chi connectivity index (χ2v) is 8.71. The van der Waals surface area contributed by atoms with Crippen molar-refractivity contribution in [3.05, 3.63) is 40.2 Å². The van der Waals surface area contributed by atoms with Gasteiger partial charge in [-0.3, -0.25) is 5.10 Å². The SMILES string of the molecule is Cc1cc(OCc2[nH]nc3nc(N4CC(O)C4)ncc23)c(C(C)(C)C)cc1Cl. The van der Waals surface area contributed by atoms with Crippen molar-refractivity contribution < 1.29 is 9.84 Å². The highest BCUT2D eigenvalue weighted by atomic mass is 35.5. The Morgan fingerprint density at radius 1 is 1.32 bits per heavy atom. The van der Waals surface area contributed by atoms with Crippen LogP contribution >= 0.6 is 11.6 Å². The smallest absolute Gasteiger partial charge is 0.227 e. The van der Waals surface area contributed by atoms with E-state index in [0.717, 1.165) is 33.0 Å². The van der Waals surface area contributed by atoms with E-state index in [1.54, 1.807) is 6.20 Å². The summed E-state index contributed by atoms with van der Waals surface area (Å²) in [7, 11) is 0. The maximum Gasteiger partial charge on any atom is 0.227 e. The molecule has 0 spiro atoms. The van der Waals surface area contributed by atoms with Crippen LogP contribution in [-0.2, 0) is 12.0 Å². The van der Waals surface area contributed by atoms with E-state index >= 15 is 0 Å². The maximum atomic E-state index is 9.45. The second kappa shape index (κ2) is 6.90. The van der Waals surface area contributed by atoms with Crippen LogP contribution in [0.25, 0.3) is 11.0 Å². The topological polar surface area (TPSA) is 87.2 Å². The van der Waals surface area contributed by atoms with E-state index in [1.807, 2.05) is 24.0 Å². The second-order valence-electron chi connectivity index (χ2n) is 8.30. The van der Waals surface area contributed by atoms with Gasteiger partial charge in [-0.15, -0.1) is 0 Å². The third-order valence-corrected chi connectivity index (χ3v) is 5.37. The lowest BCUT2D eigenvalue weighted by molar-refractivity contribution is 0.140. The van der Waals surface area contributed by atoms with Crippen LogP contribution in [0.2, 0.25) is 5.02 Å². The van der Waals surface area contributed by atoms with Gasteiger partial charge in [0.2, 0.25) is 5.95 Å². The van der Waals surface area contributed by atoms with Crippen molar-refractivity contribution in [1.82, 2.24) is 20.2 Å². The first kappa shape index (κ1) is 19.0. The number of anilines is 1. The minimum absolute atomic E-state index is 0.0947. The van der Waals surface area contributed by atoms with E-state index in [-0.39, 0.29) is 11.5 Å². The highest BCUT2D eigenvalue weighted by molar-refractivity contribution is 6.31. The summed E-state index contributed by atoms with van der Waals surface area (Å²) in [6, 6.07) is 3.96. The number of aromatic amines is 1. The van der Waals surface area contributed by atoms with Crippen LogP contribution < -0.4 is 9.64 Å². The molecule has 8 heteroatoms. The Bertz CT molecular complexity index is 1020. The first-order valence-corrected chi connectivity index (χ1v) is 9.66. The zero-order valence-electron chi connectivity index (χ0n) is 16.5. The maximum absolute atomic E-state index is 9.45. The number of aliphatic hydroxyl groups is 1. The van der Waals surface area contributed by atoms with E-state index < -0.39 is 0 Å². The molecule has 2 aromatic heterocycles. The van der Waals surface area contributed by atoms with Crippen LogP contribution in [-0.4, -0.2) is 44.5 Å². The molecule has 0 atom stereocenters. The van der Waals surface area contributed by atoms with Crippen LogP contribution in [0.3, 0.4) is 0 Å². The lowest BCUT2D eigenvalue weighted by Gasteiger charge is -2.35. The summed E-state index contributed by atoms with van der Waals surface area (Å²) in [5.74, 6) is 1.39. The summed E-state index contributed by atoms with van der Waals surface area (Å²) in [4.78, 5) is 10.8. The van der Waals surface area contributed by atoms with Gasteiger partial charge in [0.05, 0.1) is 17.2 Å². The third kappa shape index (κ3) is 3.52. The number of H-pyrrole nitrogens is 1. The number of benzene rings is 1. The molecule has 3 heterocycles. The van der Waals surface area contributed by atoms with Gasteiger partial charge in [-0.2, -0.15) is 10.1 Å². The van der Waals surface area contributed by atoms with Crippen molar-refractivity contribution in [1.29, 1.82) is 0 Å². The molecule has 0 amide bonds. The molecule has 0 aliphatic carbocycles. The number of hydrogen-bond acceptors (Lipinski definition) is 6. The number of halogens is 1. The lowest BCUT2D eigenvalue weighted by atomic mass is 9.86. The number of rotatable bonds is 4. The largest absolute Gasteiger partial charge is 0.487 e. The molecule has 7 nitrogen and oxygen atoms in total. The number of hydrogen-bond donors (Lipinski definition) is 2. The van der Waals surface area contributed by atoms with E-state index in [1.165, 1.54) is 0 Å². The van der Waals surface area contributed by atoms with Crippen molar-refractivity contribution in [2.45, 2.75) is 45.8 Å². The average Bonchev–Trinajstić information content (AvgIpc) is 3.01. The fraction of sp³-hybridized carbons (Fsp3) is 0.450. The monoisotopic (exact) mass is 401 g/mol. The Balaban J connectivity index is 1.57. The molecule has 28 heavy (non-hydrogen) atoms. The molecular weight excluding hydrogens is 378 g/mol. The Labute approximate surface area is 168 Å². The molecular formula is C20H24ClN5O2. The summed E-state index contributed by atoms with van der Waals surface area (Å²) in [5, 5.41) is 18.3. The molecule has 4 rings (SSSR count). The van der Waals surface area contributed by atoms with Crippen molar-refractivity contribution in [2.75, 3.05) is 18.0 Å². The number of fused-ring (bicyclic) bond motifs is 1. The molecule has 1 aromatic carbocycles. The molecule has 0 unspecified atom stereocenters. The van der Waals surface area contributed by atoms with E-state index in [0.29, 0.717) is 31.3 Å². The molecule has 1 aliphatic rings. The minimum Gasteiger partial charge on any atom is -0.487 e. The molecule has 1 fully saturated rings. The molecule has 1 aliphatic heterocycles. The molecule has 1 saturated heterocycles. The average molecular weight is 402 g/mol. The summed E-state index contributed by atoms with van der Waals surface area (Å²) in [6.07, 6.45) is 1.45. The van der Waals surface area contributed by atoms with Gasteiger partial charge in [0.25, 0.3) is 0 Å². The first-order valence-electron chi connectivity index (χ1n) is 9.29. The first-order chi connectivity index (χ1) is 13.2. The summed E-state index contributed by atoms with van der Waals surface area (Å²) < 4.78 is 6.15. The Morgan fingerprint density at radius 2 is 2.07 bits per heavy atom. The standard InChI is InChI=1S/C20H24ClN5O2/c1-11-5-17(14(6-15(11)21)20(2,3)4)28-10-16-13-7-22-19(23-18(13)25-24-16)26-8-12(27)9-26/h5-7,12,27H,8-10H2,1-4H3,(H,22,23,24,25). The highest BCUT2D eigenvalue weighted by Gasteiger charge is 2.27. The predicted molar refractivity (Wildman–Crippen MR) is 109 cm³/mol. The quantitative estimate of drug-likeness (QED) is 0.697. The Morgan fingerprint density at radius 3 is 2.75 bits per heavy atom. The van der Waals surface area contributed by atoms with Gasteiger partial charge in [-0.1, -0.05) is 32.4 Å². The van der Waals surface area contributed by atoms with Crippen LogP contribution in [0.15, 0.2) is 18.3 Å². The van der Waals surface area contributed by atoms with Crippen molar-refractivity contribution in [2.24, 2.45) is 0 Å². The number of aryl methyl sites for hydroxylation is 1. The fourth-order valence-corrected chi connectivity index (χ4v) is 3.40. The summed E-state index contributed by atoms with van der Waals surface area (Å²) >= 11 is 6.33. The molecule has 148 valence electrons. The molecule has 0 radical (unpaired) electrons. The molecule has 0 bridgehead atoms. The van der Waals surface area contributed by atoms with Crippen molar-refractivity contribution in [3.8, 4) is 5.75 Å². The van der Waals surface area contributed by atoms with Gasteiger partial charge in [-0.05, 0) is 30.0 Å². The molecule has 3 aromatic rings. The molecule has 2 N–H and O–H groups in total. The van der Waals surface area contributed by atoms with E-state index in [9.17, 15) is 5.11 Å². The Hall–Kier alpha value is -2.38. The van der Waals surface area contributed by atoms with Crippen LogP contribution in [0.4, 0.5) is 5.95 Å². The van der Waals surface area contributed by atoms with Crippen LogP contribution in [0.5, 0.6) is 5.75 Å². The zero-order valence-corrected chi connectivity index (χ0v) is 17.2. The summed E-state index contributed by atoms with van der Waals surface area (Å²) in [6.45, 7) is 9.80. The van der Waals surface area contributed by atoms with Crippen LogP contribution in [0, 0.1) is 6.92 Å². The van der Waals surface area contributed by atoms with E-state index in [2.05, 4.69) is 40.9 Å². The van der Waals surface area contributed by atoms with Crippen molar-refractivity contribution >= 4 is 28.6 Å². The van der Waals surface area contributed by atoms with Crippen molar-refractivity contribution in [3.63, 3.8) is 0 Å². The van der Waals surface area contributed by atoms with Gasteiger partial charge in [0.1, 0.15) is 12.4 Å². The van der Waals surface area contributed by atoms with Gasteiger partial charge in [0.15, 0.2) is 5.65 Å². The molecule has 0 saturated carbocycles. The number of nitrogens with one attached hydrogen (secondary N) is 1. The third-order valence-electron chi connectivity index (χ3n) is 4.96. The number of β-amino-alcohol motifs (C(OH)–C–C–N with tert-alkyl or cyclic N) is 1. The zero-order chi connectivity index (χ0) is 20.1. The van der Waals surface area contributed by atoms with Gasteiger partial charge in [0, 0.05) is 29.9 Å². The minimum atomic E-state index is -0.303. The number of aromatic nitrogens is 4.